The number of likely N-dealkylation sites (N-methyl/N-ethyl adjacent to an activating group) is 1. The molecule has 1 fully saturated rings. The lowest BCUT2D eigenvalue weighted by Gasteiger charge is -2.24. The number of hydrogen-bond acceptors (Lipinski definition) is 4. The molecular formula is C20H32N2O3. The van der Waals surface area contributed by atoms with E-state index < -0.39 is 6.10 Å². The lowest BCUT2D eigenvalue weighted by molar-refractivity contribution is -0.124. The molecule has 2 N–H and O–H groups in total. The summed E-state index contributed by atoms with van der Waals surface area (Å²) >= 11 is 0. The van der Waals surface area contributed by atoms with E-state index in [2.05, 4.69) is 22.3 Å². The molecule has 0 radical (unpaired) electrons. The minimum Gasteiger partial charge on any atom is -0.388 e. The standard InChI is InChI=1S/C20H32N2O3/c1-20(2,3)12-18(23)21-16-14-25-17(19(16)24)13-22(4)11-10-15-8-6-5-7-9-15/h5-9,16-17,19,24H,10-14H2,1-4H3,(H,21,23)/t16-,17-,19+/m0/s1. The number of amides is 1. The Labute approximate surface area is 151 Å². The van der Waals surface area contributed by atoms with Crippen LogP contribution in [0.2, 0.25) is 0 Å². The Morgan fingerprint density at radius 2 is 2.00 bits per heavy atom. The summed E-state index contributed by atoms with van der Waals surface area (Å²) in [7, 11) is 2.03. The number of nitrogens with zero attached hydrogens (tertiary/aromatic N) is 1. The van der Waals surface area contributed by atoms with Gasteiger partial charge in [-0.15, -0.1) is 0 Å². The van der Waals surface area contributed by atoms with Gasteiger partial charge in [0.25, 0.3) is 0 Å². The predicted molar refractivity (Wildman–Crippen MR) is 99.4 cm³/mol. The smallest absolute Gasteiger partial charge is 0.220 e. The molecule has 0 aliphatic carbocycles. The van der Waals surface area contributed by atoms with Crippen LogP contribution < -0.4 is 5.32 Å². The summed E-state index contributed by atoms with van der Waals surface area (Å²) in [5.41, 5.74) is 1.24. The van der Waals surface area contributed by atoms with Crippen LogP contribution in [0.4, 0.5) is 0 Å². The van der Waals surface area contributed by atoms with Crippen molar-refractivity contribution in [3.63, 3.8) is 0 Å². The van der Waals surface area contributed by atoms with Crippen molar-refractivity contribution < 1.29 is 14.6 Å². The zero-order valence-corrected chi connectivity index (χ0v) is 15.9. The molecule has 3 atom stereocenters. The normalized spacial score (nSPS) is 23.8. The van der Waals surface area contributed by atoms with Crippen molar-refractivity contribution in [1.82, 2.24) is 10.2 Å². The zero-order valence-electron chi connectivity index (χ0n) is 15.9. The average Bonchev–Trinajstić information content (AvgIpc) is 2.85. The highest BCUT2D eigenvalue weighted by atomic mass is 16.5. The van der Waals surface area contributed by atoms with Crippen LogP contribution in [0.3, 0.4) is 0 Å². The second kappa shape index (κ2) is 8.79. The van der Waals surface area contributed by atoms with Crippen molar-refractivity contribution in [2.24, 2.45) is 5.41 Å². The van der Waals surface area contributed by atoms with E-state index >= 15 is 0 Å². The van der Waals surface area contributed by atoms with Gasteiger partial charge < -0.3 is 20.1 Å². The first-order valence-corrected chi connectivity index (χ1v) is 9.06. The average molecular weight is 348 g/mol. The fourth-order valence-corrected chi connectivity index (χ4v) is 3.07. The van der Waals surface area contributed by atoms with Gasteiger partial charge in [-0.1, -0.05) is 51.1 Å². The van der Waals surface area contributed by atoms with Crippen molar-refractivity contribution in [1.29, 1.82) is 0 Å². The Bertz CT molecular complexity index is 542. The van der Waals surface area contributed by atoms with Crippen LogP contribution in [0.1, 0.15) is 32.8 Å². The van der Waals surface area contributed by atoms with Gasteiger partial charge in [0.05, 0.1) is 18.8 Å². The molecule has 0 saturated carbocycles. The summed E-state index contributed by atoms with van der Waals surface area (Å²) in [6.07, 6.45) is 0.479. The van der Waals surface area contributed by atoms with Gasteiger partial charge in [-0.25, -0.2) is 0 Å². The van der Waals surface area contributed by atoms with Crippen molar-refractivity contribution >= 4 is 5.91 Å². The molecule has 5 nitrogen and oxygen atoms in total. The molecular weight excluding hydrogens is 316 g/mol. The lowest BCUT2D eigenvalue weighted by atomic mass is 9.91. The molecule has 0 bridgehead atoms. The highest BCUT2D eigenvalue weighted by Gasteiger charge is 2.37. The first-order chi connectivity index (χ1) is 11.7. The van der Waals surface area contributed by atoms with Gasteiger partial charge in [0.1, 0.15) is 6.10 Å². The summed E-state index contributed by atoms with van der Waals surface area (Å²) in [4.78, 5) is 14.2. The summed E-state index contributed by atoms with van der Waals surface area (Å²) in [6.45, 7) is 8.00. The number of ether oxygens (including phenoxy) is 1. The summed E-state index contributed by atoms with van der Waals surface area (Å²) < 4.78 is 5.73. The fourth-order valence-electron chi connectivity index (χ4n) is 3.07. The Balaban J connectivity index is 1.75. The monoisotopic (exact) mass is 348 g/mol. The molecule has 25 heavy (non-hydrogen) atoms. The number of hydrogen-bond donors (Lipinski definition) is 2. The predicted octanol–water partition coefficient (Wildman–Crippen LogP) is 1.84. The third kappa shape index (κ3) is 6.77. The van der Waals surface area contributed by atoms with Gasteiger partial charge in [-0.05, 0) is 24.4 Å². The molecule has 140 valence electrons. The maximum Gasteiger partial charge on any atom is 0.220 e. The van der Waals surface area contributed by atoms with E-state index in [1.807, 2.05) is 46.0 Å². The molecule has 1 amide bonds. The minimum atomic E-state index is -0.664. The summed E-state index contributed by atoms with van der Waals surface area (Å²) in [5.74, 6) is -0.0294. The van der Waals surface area contributed by atoms with E-state index in [9.17, 15) is 9.90 Å². The Kier molecular flexibility index (Phi) is 6.99. The molecule has 1 aromatic carbocycles. The third-order valence-electron chi connectivity index (χ3n) is 4.44. The maximum atomic E-state index is 12.1. The summed E-state index contributed by atoms with van der Waals surface area (Å²) in [5, 5.41) is 13.4. The molecule has 5 heteroatoms. The molecule has 1 heterocycles. The molecule has 1 aliphatic heterocycles. The van der Waals surface area contributed by atoms with E-state index in [-0.39, 0.29) is 23.5 Å². The molecule has 0 aromatic heterocycles. The van der Waals surface area contributed by atoms with E-state index in [1.165, 1.54) is 5.56 Å². The molecule has 2 rings (SSSR count). The van der Waals surface area contributed by atoms with E-state index in [0.717, 1.165) is 13.0 Å². The Morgan fingerprint density at radius 3 is 2.64 bits per heavy atom. The van der Waals surface area contributed by atoms with Gasteiger partial charge in [-0.3, -0.25) is 4.79 Å². The first kappa shape index (κ1) is 19.9. The Morgan fingerprint density at radius 1 is 1.32 bits per heavy atom. The number of carbonyl (C=O) groups excluding carboxylic acids is 1. The van der Waals surface area contributed by atoms with Crippen LogP contribution in [0, 0.1) is 5.41 Å². The second-order valence-electron chi connectivity index (χ2n) is 8.27. The zero-order chi connectivity index (χ0) is 18.4. The van der Waals surface area contributed by atoms with E-state index in [1.54, 1.807) is 0 Å². The number of rotatable bonds is 7. The largest absolute Gasteiger partial charge is 0.388 e. The lowest BCUT2D eigenvalue weighted by Crippen LogP contribution is -2.47. The molecule has 1 aliphatic rings. The molecule has 1 aromatic rings. The van der Waals surface area contributed by atoms with Crippen molar-refractivity contribution in [2.45, 2.75) is 51.9 Å². The maximum absolute atomic E-state index is 12.1. The van der Waals surface area contributed by atoms with Crippen molar-refractivity contribution in [3.8, 4) is 0 Å². The SMILES string of the molecule is CN(CCc1ccccc1)C[C@@H]1OC[C@H](NC(=O)CC(C)(C)C)[C@H]1O. The number of aliphatic hydroxyl groups excluding tert-OH is 1. The van der Waals surface area contributed by atoms with Crippen LogP contribution in [0.15, 0.2) is 30.3 Å². The van der Waals surface area contributed by atoms with Crippen LogP contribution >= 0.6 is 0 Å². The number of carbonyl (C=O) groups is 1. The van der Waals surface area contributed by atoms with Gasteiger partial charge in [-0.2, -0.15) is 0 Å². The molecule has 1 saturated heterocycles. The van der Waals surface area contributed by atoms with Crippen LogP contribution in [0.5, 0.6) is 0 Å². The number of nitrogens with one attached hydrogen (secondary N) is 1. The van der Waals surface area contributed by atoms with E-state index in [0.29, 0.717) is 19.6 Å². The second-order valence-corrected chi connectivity index (χ2v) is 8.27. The van der Waals surface area contributed by atoms with Crippen molar-refractivity contribution in [2.75, 3.05) is 26.7 Å². The van der Waals surface area contributed by atoms with Gasteiger partial charge in [0.2, 0.25) is 5.91 Å². The quantitative estimate of drug-likeness (QED) is 0.789. The number of benzene rings is 1. The van der Waals surface area contributed by atoms with Crippen LogP contribution in [-0.4, -0.2) is 60.9 Å². The topological polar surface area (TPSA) is 61.8 Å². The van der Waals surface area contributed by atoms with Gasteiger partial charge in [0.15, 0.2) is 0 Å². The fraction of sp³-hybridized carbons (Fsp3) is 0.650. The van der Waals surface area contributed by atoms with Gasteiger partial charge >= 0.3 is 0 Å². The summed E-state index contributed by atoms with van der Waals surface area (Å²) in [6, 6.07) is 10.0. The van der Waals surface area contributed by atoms with Gasteiger partial charge in [0, 0.05) is 19.5 Å². The highest BCUT2D eigenvalue weighted by Crippen LogP contribution is 2.20. The van der Waals surface area contributed by atoms with Crippen LogP contribution in [-0.2, 0) is 16.0 Å². The van der Waals surface area contributed by atoms with Crippen LogP contribution in [0.25, 0.3) is 0 Å². The van der Waals surface area contributed by atoms with Crippen molar-refractivity contribution in [3.05, 3.63) is 35.9 Å². The third-order valence-corrected chi connectivity index (χ3v) is 4.44. The minimum absolute atomic E-state index is 0.0294. The number of aliphatic hydroxyl groups is 1. The highest BCUT2D eigenvalue weighted by molar-refractivity contribution is 5.77. The molecule has 0 unspecified atom stereocenters. The Hall–Kier alpha value is -1.43. The first-order valence-electron chi connectivity index (χ1n) is 9.06. The molecule has 0 spiro atoms. The van der Waals surface area contributed by atoms with E-state index in [4.69, 9.17) is 4.74 Å².